The summed E-state index contributed by atoms with van der Waals surface area (Å²) in [5.41, 5.74) is -4.82. The number of alkyl halides is 3. The Morgan fingerprint density at radius 1 is 1.29 bits per heavy atom. The van der Waals surface area contributed by atoms with Crippen molar-refractivity contribution in [3.8, 4) is 0 Å². The van der Waals surface area contributed by atoms with Gasteiger partial charge < -0.3 is 4.55 Å². The van der Waals surface area contributed by atoms with Gasteiger partial charge in [0.2, 0.25) is 0 Å². The number of rotatable bonds is 1. The van der Waals surface area contributed by atoms with Gasteiger partial charge in [-0.15, -0.1) is 13.2 Å². The predicted octanol–water partition coefficient (Wildman–Crippen LogP) is 3.22. The van der Waals surface area contributed by atoms with Gasteiger partial charge >= 0.3 is 5.51 Å². The molecule has 0 saturated heterocycles. The summed E-state index contributed by atoms with van der Waals surface area (Å²) < 4.78 is 59.1. The fraction of sp³-hybridized carbons (Fsp3) is 0.143. The van der Waals surface area contributed by atoms with Crippen molar-refractivity contribution in [1.29, 1.82) is 0 Å². The highest BCUT2D eigenvalue weighted by Gasteiger charge is 2.46. The number of hydrogen-bond donors (Lipinski definition) is 0. The summed E-state index contributed by atoms with van der Waals surface area (Å²) in [6.07, 6.45) is 0. The summed E-state index contributed by atoms with van der Waals surface area (Å²) in [4.78, 5) is -0.481. The molecule has 0 bridgehead atoms. The van der Waals surface area contributed by atoms with Crippen LogP contribution in [0.25, 0.3) is 0 Å². The van der Waals surface area contributed by atoms with Crippen LogP contribution in [-0.2, 0) is 11.2 Å². The van der Waals surface area contributed by atoms with E-state index in [2.05, 4.69) is 15.9 Å². The normalized spacial score (nSPS) is 14.1. The summed E-state index contributed by atoms with van der Waals surface area (Å²) in [6, 6.07) is 2.51. The highest BCUT2D eigenvalue weighted by molar-refractivity contribution is 9.10. The first-order valence-corrected chi connectivity index (χ1v) is 5.20. The fourth-order valence-electron chi connectivity index (χ4n) is 0.726. The minimum absolute atomic E-state index is 0.146. The smallest absolute Gasteiger partial charge is 0.578 e. The summed E-state index contributed by atoms with van der Waals surface area (Å²) >= 11 is -0.412. The first-order chi connectivity index (χ1) is 6.32. The lowest BCUT2D eigenvalue weighted by Crippen LogP contribution is -2.23. The van der Waals surface area contributed by atoms with Crippen molar-refractivity contribution in [2.75, 3.05) is 0 Å². The molecule has 0 aliphatic rings. The van der Waals surface area contributed by atoms with Crippen molar-refractivity contribution < 1.29 is 22.1 Å². The number of halogens is 5. The summed E-state index contributed by atoms with van der Waals surface area (Å²) in [7, 11) is 0. The molecular weight excluding hydrogens is 288 g/mol. The van der Waals surface area contributed by atoms with Gasteiger partial charge in [-0.3, -0.25) is 0 Å². The van der Waals surface area contributed by atoms with Crippen molar-refractivity contribution in [1.82, 2.24) is 0 Å². The summed E-state index contributed by atoms with van der Waals surface area (Å²) in [6.45, 7) is 0. The van der Waals surface area contributed by atoms with Crippen LogP contribution in [0.1, 0.15) is 0 Å². The Kier molecular flexibility index (Phi) is 3.44. The lowest BCUT2D eigenvalue weighted by atomic mass is 10.3. The van der Waals surface area contributed by atoms with Crippen molar-refractivity contribution in [2.45, 2.75) is 10.4 Å². The number of benzene rings is 1. The van der Waals surface area contributed by atoms with Gasteiger partial charge in [-0.1, -0.05) is 0 Å². The second-order valence-electron chi connectivity index (χ2n) is 2.29. The van der Waals surface area contributed by atoms with Crippen molar-refractivity contribution >= 4 is 27.1 Å². The fourth-order valence-corrected chi connectivity index (χ4v) is 1.94. The monoisotopic (exact) mass is 290 g/mol. The predicted molar refractivity (Wildman–Crippen MR) is 46.6 cm³/mol. The standard InChI is InChI=1S/C7H3BrF4OS/c8-5-3-4(1-2-6(5)9)14(13)7(10,11)12/h1-3H. The summed E-state index contributed by atoms with van der Waals surface area (Å²) in [5.74, 6) is -0.701. The topological polar surface area (TPSA) is 23.1 Å². The molecule has 0 spiro atoms. The molecule has 1 aromatic carbocycles. The Balaban J connectivity index is 3.03. The van der Waals surface area contributed by atoms with Crippen LogP contribution in [0.4, 0.5) is 17.6 Å². The molecule has 1 nitrogen and oxygen atoms in total. The maximum atomic E-state index is 12.6. The summed E-state index contributed by atoms with van der Waals surface area (Å²) in [5, 5.41) is 0. The van der Waals surface area contributed by atoms with Gasteiger partial charge in [0, 0.05) is 6.07 Å². The van der Waals surface area contributed by atoms with Crippen LogP contribution in [0.15, 0.2) is 27.6 Å². The molecule has 0 aliphatic carbocycles. The van der Waals surface area contributed by atoms with Crippen LogP contribution < -0.4 is 0 Å². The van der Waals surface area contributed by atoms with E-state index in [1.807, 2.05) is 0 Å². The molecule has 0 amide bonds. The third kappa shape index (κ3) is 2.61. The van der Waals surface area contributed by atoms with E-state index in [-0.39, 0.29) is 4.47 Å². The molecule has 1 aromatic rings. The molecule has 1 atom stereocenters. The van der Waals surface area contributed by atoms with Crippen LogP contribution in [0.2, 0.25) is 0 Å². The average molecular weight is 291 g/mol. The molecule has 14 heavy (non-hydrogen) atoms. The zero-order valence-electron chi connectivity index (χ0n) is 6.44. The molecule has 0 aromatic heterocycles. The van der Waals surface area contributed by atoms with Crippen LogP contribution in [-0.4, -0.2) is 10.1 Å². The Labute approximate surface area is 88.4 Å². The molecule has 0 saturated carbocycles. The second kappa shape index (κ2) is 4.08. The molecule has 0 heterocycles. The lowest BCUT2D eigenvalue weighted by molar-refractivity contribution is -0.0435. The van der Waals surface area contributed by atoms with Gasteiger partial charge in [0.05, 0.1) is 15.6 Å². The van der Waals surface area contributed by atoms with Crippen LogP contribution in [0, 0.1) is 5.82 Å². The van der Waals surface area contributed by atoms with Crippen molar-refractivity contribution in [3.63, 3.8) is 0 Å². The molecule has 78 valence electrons. The largest absolute Gasteiger partial charge is 0.604 e. The van der Waals surface area contributed by atoms with E-state index in [1.165, 1.54) is 0 Å². The SMILES string of the molecule is [O-][S+](c1ccc(F)c(Br)c1)C(F)(F)F. The minimum atomic E-state index is -4.82. The van der Waals surface area contributed by atoms with Crippen molar-refractivity contribution in [3.05, 3.63) is 28.5 Å². The molecule has 0 radical (unpaired) electrons. The molecule has 0 N–H and O–H groups in total. The van der Waals surface area contributed by atoms with E-state index in [9.17, 15) is 22.1 Å². The van der Waals surface area contributed by atoms with E-state index in [4.69, 9.17) is 0 Å². The maximum Gasteiger partial charge on any atom is 0.578 e. The Morgan fingerprint density at radius 3 is 2.29 bits per heavy atom. The van der Waals surface area contributed by atoms with Gasteiger partial charge in [-0.2, -0.15) is 0 Å². The van der Waals surface area contributed by atoms with Gasteiger partial charge in [-0.25, -0.2) is 4.39 Å². The van der Waals surface area contributed by atoms with Crippen molar-refractivity contribution in [2.24, 2.45) is 0 Å². The minimum Gasteiger partial charge on any atom is -0.604 e. The molecule has 1 rings (SSSR count). The van der Waals surface area contributed by atoms with Gasteiger partial charge in [0.15, 0.2) is 4.90 Å². The average Bonchev–Trinajstić information content (AvgIpc) is 2.07. The maximum absolute atomic E-state index is 12.6. The molecular formula is C7H3BrF4OS. The van der Waals surface area contributed by atoms with E-state index in [0.717, 1.165) is 18.2 Å². The zero-order valence-corrected chi connectivity index (χ0v) is 8.84. The third-order valence-corrected chi connectivity index (χ3v) is 3.03. The van der Waals surface area contributed by atoms with E-state index in [1.54, 1.807) is 0 Å². The second-order valence-corrected chi connectivity index (χ2v) is 4.62. The number of hydrogen-bond acceptors (Lipinski definition) is 1. The van der Waals surface area contributed by atoms with Crippen LogP contribution >= 0.6 is 15.9 Å². The van der Waals surface area contributed by atoms with E-state index >= 15 is 0 Å². The van der Waals surface area contributed by atoms with Gasteiger partial charge in [-0.05, 0) is 28.1 Å². The zero-order chi connectivity index (χ0) is 10.9. The lowest BCUT2D eigenvalue weighted by Gasteiger charge is -2.12. The van der Waals surface area contributed by atoms with Crippen LogP contribution in [0.3, 0.4) is 0 Å². The first kappa shape index (κ1) is 11.8. The molecule has 1 unspecified atom stereocenters. The van der Waals surface area contributed by atoms with Gasteiger partial charge in [0.1, 0.15) is 5.82 Å². The molecule has 7 heteroatoms. The highest BCUT2D eigenvalue weighted by Crippen LogP contribution is 2.31. The van der Waals surface area contributed by atoms with Gasteiger partial charge in [0.25, 0.3) is 0 Å². The highest BCUT2D eigenvalue weighted by atomic mass is 79.9. The van der Waals surface area contributed by atoms with Crippen LogP contribution in [0.5, 0.6) is 0 Å². The van der Waals surface area contributed by atoms with E-state index in [0.29, 0.717) is 0 Å². The molecule has 0 fully saturated rings. The Bertz CT molecular complexity index is 341. The quantitative estimate of drug-likeness (QED) is 0.575. The Morgan fingerprint density at radius 2 is 1.86 bits per heavy atom. The van der Waals surface area contributed by atoms with E-state index < -0.39 is 27.4 Å². The third-order valence-electron chi connectivity index (χ3n) is 1.32. The molecule has 0 aliphatic heterocycles. The first-order valence-electron chi connectivity index (χ1n) is 3.26. The Hall–Kier alpha value is -0.270.